The van der Waals surface area contributed by atoms with E-state index in [-0.39, 0.29) is 0 Å². The van der Waals surface area contributed by atoms with Gasteiger partial charge < -0.3 is 3.97 Å². The number of halogens is 2. The van der Waals surface area contributed by atoms with Crippen LogP contribution >= 0.6 is 37.8 Å². The fourth-order valence-corrected chi connectivity index (χ4v) is 5.43. The van der Waals surface area contributed by atoms with Crippen LogP contribution in [0.3, 0.4) is 0 Å². The van der Waals surface area contributed by atoms with E-state index in [1.165, 1.54) is 16.8 Å². The molecule has 0 aliphatic rings. The molecule has 0 radical (unpaired) electrons. The quantitative estimate of drug-likeness (QED) is 0.577. The highest BCUT2D eigenvalue weighted by atomic mass is 79.9. The second kappa shape index (κ2) is 4.92. The lowest BCUT2D eigenvalue weighted by Crippen LogP contribution is -2.40. The lowest BCUT2D eigenvalue weighted by molar-refractivity contribution is 1.46. The Bertz CT molecular complexity index is 299. The first-order valence-electron chi connectivity index (χ1n) is 4.29. The molecule has 0 aromatic heterocycles. The molecule has 0 spiro atoms. The second-order valence-corrected chi connectivity index (χ2v) is 11.0. The molecule has 1 aromatic rings. The van der Waals surface area contributed by atoms with Gasteiger partial charge in [-0.1, -0.05) is 35.6 Å². The maximum absolute atomic E-state index is 5.89. The molecule has 5 heteroatoms. The molecule has 1 aromatic carbocycles. The molecule has 14 heavy (non-hydrogen) atoms. The van der Waals surface area contributed by atoms with E-state index in [1.807, 2.05) is 12.1 Å². The highest BCUT2D eigenvalue weighted by molar-refractivity contribution is 9.10. The van der Waals surface area contributed by atoms with Crippen LogP contribution in [-0.4, -0.2) is 8.24 Å². The summed E-state index contributed by atoms with van der Waals surface area (Å²) in [7, 11) is 4.50. The molecule has 0 atom stereocenters. The van der Waals surface area contributed by atoms with Crippen LogP contribution in [0.15, 0.2) is 28.7 Å². The Labute approximate surface area is 104 Å². The average Bonchev–Trinajstić information content (AvgIpc) is 2.07. The van der Waals surface area contributed by atoms with Gasteiger partial charge in [-0.05, 0) is 34.9 Å². The summed E-state index contributed by atoms with van der Waals surface area (Å²) >= 11 is 4.71. The minimum absolute atomic E-state index is 1.09. The Hall–Kier alpha value is 0.357. The van der Waals surface area contributed by atoms with Crippen LogP contribution in [0.25, 0.3) is 0 Å². The number of hydrogen-bond donors (Lipinski definition) is 0. The van der Waals surface area contributed by atoms with Crippen molar-refractivity contribution in [3.63, 3.8) is 0 Å². The van der Waals surface area contributed by atoms with Crippen LogP contribution in [0.2, 0.25) is 19.6 Å². The van der Waals surface area contributed by atoms with Crippen molar-refractivity contribution >= 4 is 51.7 Å². The predicted octanol–water partition coefficient (Wildman–Crippen LogP) is 4.89. The summed E-state index contributed by atoms with van der Waals surface area (Å²) < 4.78 is 3.30. The lowest BCUT2D eigenvalue weighted by atomic mass is 10.3. The van der Waals surface area contributed by atoms with Crippen molar-refractivity contribution in [2.45, 2.75) is 19.6 Å². The van der Waals surface area contributed by atoms with Gasteiger partial charge in [-0.3, -0.25) is 0 Å². The van der Waals surface area contributed by atoms with Crippen molar-refractivity contribution < 1.29 is 0 Å². The summed E-state index contributed by atoms with van der Waals surface area (Å²) in [5, 5.41) is 0. The second-order valence-electron chi connectivity index (χ2n) is 4.01. The zero-order valence-corrected chi connectivity index (χ0v) is 12.6. The maximum Gasteiger partial charge on any atom is 0.162 e. The highest BCUT2D eigenvalue weighted by Crippen LogP contribution is 2.31. The molecule has 1 rings (SSSR count). The molecule has 0 aliphatic heterocycles. The van der Waals surface area contributed by atoms with Crippen LogP contribution in [0, 0.1) is 0 Å². The molecular formula is C9H13BrClNSSi. The first-order chi connectivity index (χ1) is 6.45. The van der Waals surface area contributed by atoms with Gasteiger partial charge in [0.2, 0.25) is 0 Å². The summed E-state index contributed by atoms with van der Waals surface area (Å²) in [6.07, 6.45) is 0. The Kier molecular flexibility index (Phi) is 4.37. The standard InChI is InChI=1S/C9H13BrClNSSi/c1-14(2,3)12(13-11)9-6-4-8(10)5-7-9/h4-7H,1-3H3. The van der Waals surface area contributed by atoms with Crippen molar-refractivity contribution in [1.82, 2.24) is 0 Å². The van der Waals surface area contributed by atoms with Crippen molar-refractivity contribution in [3.8, 4) is 0 Å². The lowest BCUT2D eigenvalue weighted by Gasteiger charge is -2.32. The molecular weight excluding hydrogens is 298 g/mol. The molecule has 0 N–H and O–H groups in total. The molecule has 0 heterocycles. The fraction of sp³-hybridized carbons (Fsp3) is 0.333. The molecule has 0 saturated carbocycles. The smallest absolute Gasteiger partial charge is 0.162 e. The van der Waals surface area contributed by atoms with E-state index in [4.69, 9.17) is 10.7 Å². The monoisotopic (exact) mass is 309 g/mol. The summed E-state index contributed by atoms with van der Waals surface area (Å²) in [6.45, 7) is 6.80. The Morgan fingerprint density at radius 2 is 1.71 bits per heavy atom. The highest BCUT2D eigenvalue weighted by Gasteiger charge is 2.24. The van der Waals surface area contributed by atoms with E-state index in [9.17, 15) is 0 Å². The van der Waals surface area contributed by atoms with Crippen molar-refractivity contribution in [2.24, 2.45) is 0 Å². The number of hydrogen-bond acceptors (Lipinski definition) is 2. The van der Waals surface area contributed by atoms with E-state index >= 15 is 0 Å². The van der Waals surface area contributed by atoms with E-state index in [0.29, 0.717) is 0 Å². The van der Waals surface area contributed by atoms with E-state index in [1.54, 1.807) is 0 Å². The summed E-state index contributed by atoms with van der Waals surface area (Å²) in [5.41, 5.74) is 1.17. The summed E-state index contributed by atoms with van der Waals surface area (Å²) in [4.78, 5) is 0. The molecule has 0 aliphatic carbocycles. The molecule has 0 amide bonds. The van der Waals surface area contributed by atoms with Gasteiger partial charge in [0.25, 0.3) is 0 Å². The van der Waals surface area contributed by atoms with Crippen LogP contribution in [0.5, 0.6) is 0 Å². The van der Waals surface area contributed by atoms with Crippen molar-refractivity contribution in [1.29, 1.82) is 0 Å². The number of anilines is 1. The predicted molar refractivity (Wildman–Crippen MR) is 73.4 cm³/mol. The third-order valence-electron chi connectivity index (χ3n) is 1.74. The largest absolute Gasteiger partial charge is 0.331 e. The number of rotatable bonds is 3. The van der Waals surface area contributed by atoms with Crippen LogP contribution in [0.4, 0.5) is 5.69 Å². The summed E-state index contributed by atoms with van der Waals surface area (Å²) in [5.74, 6) is 0. The molecule has 0 unspecified atom stereocenters. The molecule has 0 bridgehead atoms. The topological polar surface area (TPSA) is 3.24 Å². The Balaban J connectivity index is 2.96. The molecule has 1 nitrogen and oxygen atoms in total. The van der Waals surface area contributed by atoms with Gasteiger partial charge in [0, 0.05) is 10.2 Å². The van der Waals surface area contributed by atoms with E-state index in [2.05, 4.69) is 51.7 Å². The molecule has 78 valence electrons. The van der Waals surface area contributed by atoms with Crippen molar-refractivity contribution in [2.75, 3.05) is 3.97 Å². The first kappa shape index (κ1) is 12.4. The minimum Gasteiger partial charge on any atom is -0.331 e. The van der Waals surface area contributed by atoms with Crippen LogP contribution in [-0.2, 0) is 0 Å². The first-order valence-corrected chi connectivity index (χ1v) is 10.1. The number of nitrogens with zero attached hydrogens (tertiary/aromatic N) is 1. The zero-order chi connectivity index (χ0) is 10.8. The number of benzene rings is 1. The van der Waals surface area contributed by atoms with Gasteiger partial charge in [0.15, 0.2) is 8.24 Å². The van der Waals surface area contributed by atoms with E-state index in [0.717, 1.165) is 4.47 Å². The van der Waals surface area contributed by atoms with Crippen LogP contribution < -0.4 is 3.97 Å². The zero-order valence-electron chi connectivity index (χ0n) is 8.42. The Morgan fingerprint density at radius 1 is 1.21 bits per heavy atom. The third kappa shape index (κ3) is 3.19. The van der Waals surface area contributed by atoms with Gasteiger partial charge in [-0.25, -0.2) is 0 Å². The molecule has 0 saturated heterocycles. The SMILES string of the molecule is C[Si](C)(C)N(SCl)c1ccc(Br)cc1. The Morgan fingerprint density at radius 3 is 2.07 bits per heavy atom. The molecule has 0 fully saturated rings. The van der Waals surface area contributed by atoms with Gasteiger partial charge in [0.05, 0.1) is 11.2 Å². The van der Waals surface area contributed by atoms with Crippen LogP contribution in [0.1, 0.15) is 0 Å². The normalized spacial score (nSPS) is 11.5. The minimum atomic E-state index is -1.40. The summed E-state index contributed by atoms with van der Waals surface area (Å²) in [6, 6.07) is 8.24. The average molecular weight is 311 g/mol. The van der Waals surface area contributed by atoms with Crippen molar-refractivity contribution in [3.05, 3.63) is 28.7 Å². The van der Waals surface area contributed by atoms with E-state index < -0.39 is 8.24 Å². The van der Waals surface area contributed by atoms with Gasteiger partial charge in [0.1, 0.15) is 0 Å². The van der Waals surface area contributed by atoms with Gasteiger partial charge in [-0.2, -0.15) is 0 Å². The third-order valence-corrected chi connectivity index (χ3v) is 6.77. The fourth-order valence-electron chi connectivity index (χ4n) is 1.11. The van der Waals surface area contributed by atoms with Gasteiger partial charge in [-0.15, -0.1) is 0 Å². The van der Waals surface area contributed by atoms with Gasteiger partial charge >= 0.3 is 0 Å². The maximum atomic E-state index is 5.89.